The van der Waals surface area contributed by atoms with E-state index in [-0.39, 0.29) is 13.2 Å². The number of rotatable bonds is 4. The lowest BCUT2D eigenvalue weighted by molar-refractivity contribution is 0.0525. The molecule has 0 heterocycles. The van der Waals surface area contributed by atoms with E-state index in [1.54, 1.807) is 19.9 Å². The molecule has 2 aliphatic rings. The Hall–Kier alpha value is -2.36. The first-order valence-corrected chi connectivity index (χ1v) is 7.79. The lowest BCUT2D eigenvalue weighted by Crippen LogP contribution is -2.05. The summed E-state index contributed by atoms with van der Waals surface area (Å²) in [5.74, 6) is -0.834. The molecule has 0 aromatic heterocycles. The molecule has 122 valence electrons. The van der Waals surface area contributed by atoms with Crippen LogP contribution in [0.15, 0.2) is 18.2 Å². The zero-order valence-corrected chi connectivity index (χ0v) is 14.3. The predicted octanol–water partition coefficient (Wildman–Crippen LogP) is 4.07. The summed E-state index contributed by atoms with van der Waals surface area (Å²) in [4.78, 5) is 24.7. The second-order valence-electron chi connectivity index (χ2n) is 5.56. The molecule has 0 N–H and O–H groups in total. The van der Waals surface area contributed by atoms with Crippen molar-refractivity contribution in [2.75, 3.05) is 13.2 Å². The highest BCUT2D eigenvalue weighted by Gasteiger charge is 2.28. The van der Waals surface area contributed by atoms with Gasteiger partial charge in [0.2, 0.25) is 0 Å². The van der Waals surface area contributed by atoms with E-state index in [2.05, 4.69) is 0 Å². The number of aryl methyl sites for hydroxylation is 3. The Morgan fingerprint density at radius 2 is 1.17 bits per heavy atom. The molecule has 0 spiro atoms. The molecule has 2 aliphatic carbocycles. The number of hydrogen-bond acceptors (Lipinski definition) is 4. The summed E-state index contributed by atoms with van der Waals surface area (Å²) in [6.07, 6.45) is 0. The summed E-state index contributed by atoms with van der Waals surface area (Å²) >= 11 is 0. The van der Waals surface area contributed by atoms with Crippen LogP contribution in [-0.4, -0.2) is 25.2 Å². The van der Waals surface area contributed by atoms with Crippen LogP contribution >= 0.6 is 0 Å². The van der Waals surface area contributed by atoms with Crippen LogP contribution in [0.25, 0.3) is 11.1 Å². The number of carbonyl (C=O) groups is 2. The van der Waals surface area contributed by atoms with Crippen LogP contribution in [0.5, 0.6) is 0 Å². The molecule has 0 bridgehead atoms. The molecule has 0 aromatic carbocycles. The number of ether oxygens (including phenoxy) is 2. The van der Waals surface area contributed by atoms with Crippen LogP contribution < -0.4 is 0 Å². The van der Waals surface area contributed by atoms with Gasteiger partial charge in [0, 0.05) is 11.1 Å². The van der Waals surface area contributed by atoms with E-state index in [9.17, 15) is 9.59 Å². The smallest absolute Gasteiger partial charge is 0.338 e. The summed E-state index contributed by atoms with van der Waals surface area (Å²) in [5.41, 5.74) is 5.30. The summed E-state index contributed by atoms with van der Waals surface area (Å²) < 4.78 is 10.3. The Morgan fingerprint density at radius 1 is 0.783 bits per heavy atom. The maximum absolute atomic E-state index is 12.3. The SMILES string of the molecule is CCOC(=O)c1cc(C(=O)OCC)c2c(C)cc(C)cc(C)c1-2. The molecule has 0 saturated carbocycles. The molecule has 0 unspecified atom stereocenters. The third-order valence-corrected chi connectivity index (χ3v) is 3.75. The fourth-order valence-corrected chi connectivity index (χ4v) is 2.99. The Bertz CT molecular complexity index is 672. The highest BCUT2D eigenvalue weighted by molar-refractivity contribution is 6.09. The zero-order chi connectivity index (χ0) is 17.1. The molecule has 0 atom stereocenters. The fourth-order valence-electron chi connectivity index (χ4n) is 2.99. The van der Waals surface area contributed by atoms with Gasteiger partial charge in [-0.25, -0.2) is 9.59 Å². The van der Waals surface area contributed by atoms with Crippen molar-refractivity contribution in [3.8, 4) is 11.1 Å². The van der Waals surface area contributed by atoms with Gasteiger partial charge >= 0.3 is 11.9 Å². The first-order valence-electron chi connectivity index (χ1n) is 7.79. The average Bonchev–Trinajstić information content (AvgIpc) is 2.83. The molecule has 0 amide bonds. The molecule has 0 aliphatic heterocycles. The van der Waals surface area contributed by atoms with Gasteiger partial charge in [0.25, 0.3) is 0 Å². The lowest BCUT2D eigenvalue weighted by atomic mass is 9.99. The van der Waals surface area contributed by atoms with E-state index < -0.39 is 11.9 Å². The molecule has 4 nitrogen and oxygen atoms in total. The molecule has 0 fully saturated rings. The molecule has 4 heteroatoms. The van der Waals surface area contributed by atoms with Crippen LogP contribution in [-0.2, 0) is 9.47 Å². The van der Waals surface area contributed by atoms with Gasteiger partial charge in [0.15, 0.2) is 0 Å². The molecule has 2 rings (SSSR count). The number of fused-ring (bicyclic) bond motifs is 1. The monoisotopic (exact) mass is 314 g/mol. The lowest BCUT2D eigenvalue weighted by Gasteiger charge is -2.07. The highest BCUT2D eigenvalue weighted by atomic mass is 16.5. The van der Waals surface area contributed by atoms with E-state index in [0.717, 1.165) is 27.8 Å². The van der Waals surface area contributed by atoms with Gasteiger partial charge in [-0.1, -0.05) is 17.7 Å². The van der Waals surface area contributed by atoms with E-state index in [0.29, 0.717) is 11.1 Å². The topological polar surface area (TPSA) is 52.6 Å². The standard InChI is InChI=1S/C19H22O4/c1-6-22-18(20)14-10-15(19(21)23-7-2)17-13(5)9-11(3)8-12(4)16(14)17/h8-10H,6-7H2,1-5H3. The minimum absolute atomic E-state index is 0.288. The minimum atomic E-state index is -0.417. The summed E-state index contributed by atoms with van der Waals surface area (Å²) in [6, 6.07) is 5.61. The van der Waals surface area contributed by atoms with Gasteiger partial charge in [-0.15, -0.1) is 0 Å². The Kier molecular flexibility index (Phi) is 5.04. The second-order valence-corrected chi connectivity index (χ2v) is 5.56. The first kappa shape index (κ1) is 17.0. The second kappa shape index (κ2) is 6.82. The predicted molar refractivity (Wildman–Crippen MR) is 89.2 cm³/mol. The molecular weight excluding hydrogens is 292 g/mol. The molecule has 23 heavy (non-hydrogen) atoms. The quantitative estimate of drug-likeness (QED) is 0.798. The van der Waals surface area contributed by atoms with Crippen molar-refractivity contribution in [1.29, 1.82) is 0 Å². The van der Waals surface area contributed by atoms with E-state index >= 15 is 0 Å². The Balaban J connectivity index is 2.79. The summed E-state index contributed by atoms with van der Waals surface area (Å²) in [7, 11) is 0. The van der Waals surface area contributed by atoms with Crippen LogP contribution in [0, 0.1) is 20.8 Å². The van der Waals surface area contributed by atoms with Crippen molar-refractivity contribution in [2.24, 2.45) is 0 Å². The highest BCUT2D eigenvalue weighted by Crippen LogP contribution is 2.38. The van der Waals surface area contributed by atoms with Crippen molar-refractivity contribution in [2.45, 2.75) is 34.6 Å². The molecule has 0 radical (unpaired) electrons. The zero-order valence-electron chi connectivity index (χ0n) is 14.3. The van der Waals surface area contributed by atoms with E-state index in [1.807, 2.05) is 32.9 Å². The summed E-state index contributed by atoms with van der Waals surface area (Å²) in [6.45, 7) is 9.97. The third kappa shape index (κ3) is 3.21. The van der Waals surface area contributed by atoms with Gasteiger partial charge in [0.05, 0.1) is 24.3 Å². The van der Waals surface area contributed by atoms with Crippen molar-refractivity contribution in [3.63, 3.8) is 0 Å². The van der Waals surface area contributed by atoms with Crippen molar-refractivity contribution in [3.05, 3.63) is 46.0 Å². The van der Waals surface area contributed by atoms with E-state index in [4.69, 9.17) is 9.47 Å². The van der Waals surface area contributed by atoms with Gasteiger partial charge in [-0.3, -0.25) is 0 Å². The number of carbonyl (C=O) groups excluding carboxylic acids is 2. The number of hydrogen-bond donors (Lipinski definition) is 0. The largest absolute Gasteiger partial charge is 0.462 e. The van der Waals surface area contributed by atoms with Gasteiger partial charge < -0.3 is 9.47 Å². The Labute approximate surface area is 136 Å². The maximum Gasteiger partial charge on any atom is 0.338 e. The van der Waals surface area contributed by atoms with Gasteiger partial charge in [-0.2, -0.15) is 0 Å². The van der Waals surface area contributed by atoms with Crippen LogP contribution in [0.2, 0.25) is 0 Å². The van der Waals surface area contributed by atoms with Crippen LogP contribution in [0.1, 0.15) is 51.3 Å². The molecular formula is C19H22O4. The van der Waals surface area contributed by atoms with Crippen LogP contribution in [0.4, 0.5) is 0 Å². The van der Waals surface area contributed by atoms with Crippen LogP contribution in [0.3, 0.4) is 0 Å². The maximum atomic E-state index is 12.3. The summed E-state index contributed by atoms with van der Waals surface area (Å²) in [5, 5.41) is 0. The third-order valence-electron chi connectivity index (χ3n) is 3.75. The van der Waals surface area contributed by atoms with Crippen molar-refractivity contribution >= 4 is 11.9 Å². The normalized spacial score (nSPS) is 10.7. The minimum Gasteiger partial charge on any atom is -0.462 e. The molecule has 0 saturated heterocycles. The van der Waals surface area contributed by atoms with Crippen molar-refractivity contribution in [1.82, 2.24) is 0 Å². The number of esters is 2. The van der Waals surface area contributed by atoms with E-state index in [1.165, 1.54) is 0 Å². The Morgan fingerprint density at radius 3 is 1.52 bits per heavy atom. The van der Waals surface area contributed by atoms with Gasteiger partial charge in [0.1, 0.15) is 0 Å². The average molecular weight is 314 g/mol. The molecule has 0 aromatic rings. The van der Waals surface area contributed by atoms with Crippen molar-refractivity contribution < 1.29 is 19.1 Å². The fraction of sp³-hybridized carbons (Fsp3) is 0.368. The van der Waals surface area contributed by atoms with Gasteiger partial charge in [-0.05, 0) is 51.8 Å². The first-order chi connectivity index (χ1) is 10.9.